The van der Waals surface area contributed by atoms with E-state index < -0.39 is 11.7 Å². The Morgan fingerprint density at radius 1 is 1.33 bits per heavy atom. The van der Waals surface area contributed by atoms with Gasteiger partial charge in [0.1, 0.15) is 5.37 Å². The summed E-state index contributed by atoms with van der Waals surface area (Å²) in [7, 11) is 0. The van der Waals surface area contributed by atoms with Gasteiger partial charge in [-0.3, -0.25) is 4.79 Å². The molecule has 2 nitrogen and oxygen atoms in total. The molecule has 0 spiro atoms. The van der Waals surface area contributed by atoms with Gasteiger partial charge < -0.3 is 4.90 Å². The van der Waals surface area contributed by atoms with Gasteiger partial charge >= 0.3 is 6.18 Å². The van der Waals surface area contributed by atoms with E-state index in [4.69, 9.17) is 0 Å². The van der Waals surface area contributed by atoms with Gasteiger partial charge in [0.2, 0.25) is 5.91 Å². The van der Waals surface area contributed by atoms with E-state index in [1.54, 1.807) is 16.7 Å². The van der Waals surface area contributed by atoms with E-state index in [0.717, 1.165) is 23.4 Å². The maximum absolute atomic E-state index is 12.6. The van der Waals surface area contributed by atoms with Crippen LogP contribution in [0.4, 0.5) is 13.2 Å². The molecule has 21 heavy (non-hydrogen) atoms. The van der Waals surface area contributed by atoms with Crippen molar-refractivity contribution in [3.63, 3.8) is 0 Å². The third kappa shape index (κ3) is 3.93. The van der Waals surface area contributed by atoms with Gasteiger partial charge in [0.15, 0.2) is 0 Å². The Labute approximate surface area is 126 Å². The van der Waals surface area contributed by atoms with Crippen LogP contribution in [-0.4, -0.2) is 23.1 Å². The molecule has 116 valence electrons. The molecule has 0 saturated carbocycles. The van der Waals surface area contributed by atoms with Crippen LogP contribution in [0.15, 0.2) is 24.3 Å². The Hall–Kier alpha value is -1.17. The Kier molecular flexibility index (Phi) is 4.86. The minimum atomic E-state index is -4.32. The van der Waals surface area contributed by atoms with Gasteiger partial charge in [-0.2, -0.15) is 13.2 Å². The normalized spacial score (nSPS) is 19.3. The van der Waals surface area contributed by atoms with Gasteiger partial charge in [-0.1, -0.05) is 26.0 Å². The minimum absolute atomic E-state index is 0.0693. The number of hydrogen-bond acceptors (Lipinski definition) is 2. The first-order valence-corrected chi connectivity index (χ1v) is 7.92. The molecular weight excluding hydrogens is 299 g/mol. The minimum Gasteiger partial charge on any atom is -0.326 e. The van der Waals surface area contributed by atoms with Crippen LogP contribution >= 0.6 is 11.8 Å². The van der Waals surface area contributed by atoms with E-state index in [-0.39, 0.29) is 17.2 Å². The predicted molar refractivity (Wildman–Crippen MR) is 77.8 cm³/mol. The smallest absolute Gasteiger partial charge is 0.326 e. The van der Waals surface area contributed by atoms with Crippen molar-refractivity contribution in [3.05, 3.63) is 35.4 Å². The van der Waals surface area contributed by atoms with E-state index in [9.17, 15) is 18.0 Å². The number of benzene rings is 1. The lowest BCUT2D eigenvalue weighted by molar-refractivity contribution is -0.137. The van der Waals surface area contributed by atoms with Gasteiger partial charge in [-0.05, 0) is 23.6 Å². The van der Waals surface area contributed by atoms with E-state index in [0.29, 0.717) is 13.0 Å². The van der Waals surface area contributed by atoms with Crippen LogP contribution in [0.1, 0.15) is 36.8 Å². The predicted octanol–water partition coefficient (Wildman–Crippen LogP) is 4.33. The van der Waals surface area contributed by atoms with Crippen LogP contribution in [0.2, 0.25) is 0 Å². The first-order chi connectivity index (χ1) is 9.79. The van der Waals surface area contributed by atoms with Crippen LogP contribution < -0.4 is 0 Å². The number of thioether (sulfide) groups is 1. The molecule has 1 saturated heterocycles. The zero-order valence-electron chi connectivity index (χ0n) is 12.0. The largest absolute Gasteiger partial charge is 0.416 e. The zero-order chi connectivity index (χ0) is 15.6. The number of hydrogen-bond donors (Lipinski definition) is 0. The maximum Gasteiger partial charge on any atom is 0.416 e. The summed E-state index contributed by atoms with van der Waals surface area (Å²) < 4.78 is 37.7. The zero-order valence-corrected chi connectivity index (χ0v) is 12.8. The molecule has 0 radical (unpaired) electrons. The third-order valence-electron chi connectivity index (χ3n) is 3.32. The Morgan fingerprint density at radius 3 is 2.48 bits per heavy atom. The molecule has 6 heteroatoms. The number of rotatable bonds is 3. The van der Waals surface area contributed by atoms with Crippen LogP contribution in [0, 0.1) is 5.92 Å². The second-order valence-electron chi connectivity index (χ2n) is 5.53. The van der Waals surface area contributed by atoms with Gasteiger partial charge in [-0.15, -0.1) is 11.8 Å². The molecule has 0 aliphatic carbocycles. The second-order valence-corrected chi connectivity index (χ2v) is 6.72. The van der Waals surface area contributed by atoms with Gasteiger partial charge in [0.25, 0.3) is 0 Å². The highest BCUT2D eigenvalue weighted by Gasteiger charge is 2.33. The second kappa shape index (κ2) is 6.30. The van der Waals surface area contributed by atoms with Crippen LogP contribution in [-0.2, 0) is 11.0 Å². The summed E-state index contributed by atoms with van der Waals surface area (Å²) in [6, 6.07) is 5.11. The number of carbonyl (C=O) groups is 1. The average molecular weight is 317 g/mol. The summed E-state index contributed by atoms with van der Waals surface area (Å²) >= 11 is 1.60. The SMILES string of the molecule is CC(C)CC(=O)N1CCSC1c1ccc(C(F)(F)F)cc1. The number of amides is 1. The fraction of sp³-hybridized carbons (Fsp3) is 0.533. The molecule has 0 aromatic heterocycles. The van der Waals surface area contributed by atoms with Crippen molar-refractivity contribution >= 4 is 17.7 Å². The topological polar surface area (TPSA) is 20.3 Å². The van der Waals surface area contributed by atoms with Crippen molar-refractivity contribution in [3.8, 4) is 0 Å². The third-order valence-corrected chi connectivity index (χ3v) is 4.58. The first-order valence-electron chi connectivity index (χ1n) is 6.87. The molecule has 1 aromatic carbocycles. The van der Waals surface area contributed by atoms with E-state index in [1.165, 1.54) is 12.1 Å². The summed E-state index contributed by atoms with van der Waals surface area (Å²) in [6.07, 6.45) is -3.85. The molecular formula is C15H18F3NOS. The molecule has 1 amide bonds. The lowest BCUT2D eigenvalue weighted by Crippen LogP contribution is -2.31. The van der Waals surface area contributed by atoms with Crippen molar-refractivity contribution in [2.75, 3.05) is 12.3 Å². The van der Waals surface area contributed by atoms with Crippen molar-refractivity contribution in [1.29, 1.82) is 0 Å². The fourth-order valence-electron chi connectivity index (χ4n) is 2.30. The number of nitrogens with zero attached hydrogens (tertiary/aromatic N) is 1. The monoisotopic (exact) mass is 317 g/mol. The molecule has 2 rings (SSSR count). The number of halogens is 3. The summed E-state index contributed by atoms with van der Waals surface area (Å²) in [6.45, 7) is 4.62. The fourth-order valence-corrected chi connectivity index (χ4v) is 3.58. The van der Waals surface area contributed by atoms with Gasteiger partial charge in [0.05, 0.1) is 5.56 Å². The summed E-state index contributed by atoms with van der Waals surface area (Å²) in [5, 5.41) is -0.168. The molecule has 1 heterocycles. The summed E-state index contributed by atoms with van der Waals surface area (Å²) in [5.74, 6) is 1.16. The Bertz CT molecular complexity index is 499. The van der Waals surface area contributed by atoms with Crippen LogP contribution in [0.3, 0.4) is 0 Å². The molecule has 0 N–H and O–H groups in total. The van der Waals surface area contributed by atoms with Crippen molar-refractivity contribution < 1.29 is 18.0 Å². The highest BCUT2D eigenvalue weighted by Crippen LogP contribution is 2.39. The van der Waals surface area contributed by atoms with E-state index in [2.05, 4.69) is 0 Å². The van der Waals surface area contributed by atoms with Crippen molar-refractivity contribution in [2.45, 2.75) is 31.8 Å². The Morgan fingerprint density at radius 2 is 1.95 bits per heavy atom. The molecule has 1 fully saturated rings. The van der Waals surface area contributed by atoms with Crippen molar-refractivity contribution in [2.24, 2.45) is 5.92 Å². The molecule has 0 bridgehead atoms. The standard InChI is InChI=1S/C15H18F3NOS/c1-10(2)9-13(20)19-7-8-21-14(19)11-3-5-12(6-4-11)15(16,17)18/h3-6,10,14H,7-9H2,1-2H3. The van der Waals surface area contributed by atoms with Crippen molar-refractivity contribution in [1.82, 2.24) is 4.90 Å². The molecule has 1 aliphatic heterocycles. The van der Waals surface area contributed by atoms with Crippen LogP contribution in [0.5, 0.6) is 0 Å². The Balaban J connectivity index is 2.15. The molecule has 1 atom stereocenters. The van der Waals surface area contributed by atoms with Crippen LogP contribution in [0.25, 0.3) is 0 Å². The quantitative estimate of drug-likeness (QED) is 0.827. The van der Waals surface area contributed by atoms with Gasteiger partial charge in [-0.25, -0.2) is 0 Å². The average Bonchev–Trinajstić information content (AvgIpc) is 2.86. The summed E-state index contributed by atoms with van der Waals surface area (Å²) in [5.41, 5.74) is 0.0944. The molecule has 1 aliphatic rings. The molecule has 1 unspecified atom stereocenters. The molecule has 1 aromatic rings. The first kappa shape index (κ1) is 16.2. The lowest BCUT2D eigenvalue weighted by Gasteiger charge is -2.25. The number of alkyl halides is 3. The highest BCUT2D eigenvalue weighted by atomic mass is 32.2. The summed E-state index contributed by atoms with van der Waals surface area (Å²) in [4.78, 5) is 14.0. The van der Waals surface area contributed by atoms with Gasteiger partial charge in [0, 0.05) is 18.7 Å². The lowest BCUT2D eigenvalue weighted by atomic mass is 10.1. The van der Waals surface area contributed by atoms with E-state index in [1.807, 2.05) is 13.8 Å². The number of carbonyl (C=O) groups excluding carboxylic acids is 1. The maximum atomic E-state index is 12.6. The highest BCUT2D eigenvalue weighted by molar-refractivity contribution is 7.99. The van der Waals surface area contributed by atoms with E-state index >= 15 is 0 Å².